The Labute approximate surface area is 156 Å². The van der Waals surface area contributed by atoms with E-state index in [2.05, 4.69) is 5.10 Å². The Hall–Kier alpha value is -3.22. The molecule has 0 radical (unpaired) electrons. The van der Waals surface area contributed by atoms with E-state index in [1.165, 1.54) is 34.2 Å². The highest BCUT2D eigenvalue weighted by atomic mass is 19.1. The smallest absolute Gasteiger partial charge is 0.269 e. The number of hydrogen-bond acceptors (Lipinski definition) is 4. The fourth-order valence-corrected chi connectivity index (χ4v) is 2.63. The number of amides is 2. The van der Waals surface area contributed by atoms with Gasteiger partial charge in [0.25, 0.3) is 5.91 Å². The molecule has 2 aromatic carbocycles. The van der Waals surface area contributed by atoms with Crippen molar-refractivity contribution in [3.8, 4) is 5.75 Å². The van der Waals surface area contributed by atoms with Crippen molar-refractivity contribution in [1.29, 1.82) is 0 Å². The monoisotopic (exact) mass is 369 g/mol. The van der Waals surface area contributed by atoms with Gasteiger partial charge in [0.15, 0.2) is 0 Å². The second-order valence-corrected chi connectivity index (χ2v) is 6.12. The van der Waals surface area contributed by atoms with Gasteiger partial charge in [-0.15, -0.1) is 0 Å². The summed E-state index contributed by atoms with van der Waals surface area (Å²) in [5, 5.41) is 5.53. The third-order valence-corrected chi connectivity index (χ3v) is 4.14. The first kappa shape index (κ1) is 18.6. The topological polar surface area (TPSA) is 62.2 Å². The van der Waals surface area contributed by atoms with Crippen LogP contribution in [0.1, 0.15) is 12.8 Å². The second-order valence-electron chi connectivity index (χ2n) is 6.12. The van der Waals surface area contributed by atoms with E-state index in [4.69, 9.17) is 4.74 Å². The molecule has 0 aliphatic carbocycles. The Bertz CT molecular complexity index is 837. The summed E-state index contributed by atoms with van der Waals surface area (Å²) in [5.41, 5.74) is 0.970. The largest absolute Gasteiger partial charge is 0.492 e. The van der Waals surface area contributed by atoms with Gasteiger partial charge in [-0.05, 0) is 36.4 Å². The Morgan fingerprint density at radius 1 is 1.15 bits per heavy atom. The van der Waals surface area contributed by atoms with Crippen molar-refractivity contribution in [2.75, 3.05) is 25.2 Å². The lowest BCUT2D eigenvalue weighted by atomic mass is 10.1. The maximum absolute atomic E-state index is 12.9. The third kappa shape index (κ3) is 4.69. The van der Waals surface area contributed by atoms with E-state index in [0.717, 1.165) is 0 Å². The summed E-state index contributed by atoms with van der Waals surface area (Å²) in [6, 6.07) is 14.7. The molecular weight excluding hydrogens is 349 g/mol. The van der Waals surface area contributed by atoms with E-state index in [0.29, 0.717) is 30.1 Å². The first-order valence-electron chi connectivity index (χ1n) is 8.64. The van der Waals surface area contributed by atoms with Gasteiger partial charge < -0.3 is 9.64 Å². The summed E-state index contributed by atoms with van der Waals surface area (Å²) in [7, 11) is 1.65. The number of hydrogen-bond donors (Lipinski definition) is 0. The molecule has 140 valence electrons. The third-order valence-electron chi connectivity index (χ3n) is 4.14. The van der Waals surface area contributed by atoms with Gasteiger partial charge in [0.2, 0.25) is 5.91 Å². The zero-order chi connectivity index (χ0) is 19.2. The predicted octanol–water partition coefficient (Wildman–Crippen LogP) is 2.85. The molecule has 1 heterocycles. The number of rotatable bonds is 6. The van der Waals surface area contributed by atoms with Crippen molar-refractivity contribution in [3.05, 3.63) is 60.4 Å². The van der Waals surface area contributed by atoms with Crippen LogP contribution in [0.15, 0.2) is 59.7 Å². The van der Waals surface area contributed by atoms with Crippen LogP contribution in [0.4, 0.5) is 10.1 Å². The van der Waals surface area contributed by atoms with Crippen molar-refractivity contribution in [3.63, 3.8) is 0 Å². The normalized spacial score (nSPS) is 13.9. The second kappa shape index (κ2) is 8.44. The quantitative estimate of drug-likeness (QED) is 0.787. The zero-order valence-corrected chi connectivity index (χ0v) is 15.0. The molecule has 1 aliphatic rings. The van der Waals surface area contributed by atoms with Crippen LogP contribution in [-0.2, 0) is 9.59 Å². The minimum Gasteiger partial charge on any atom is -0.492 e. The van der Waals surface area contributed by atoms with E-state index in [9.17, 15) is 14.0 Å². The molecule has 27 heavy (non-hydrogen) atoms. The highest BCUT2D eigenvalue weighted by molar-refractivity contribution is 6.40. The maximum Gasteiger partial charge on any atom is 0.269 e. The van der Waals surface area contributed by atoms with E-state index in [1.807, 2.05) is 18.2 Å². The van der Waals surface area contributed by atoms with Crippen LogP contribution in [0, 0.1) is 5.82 Å². The summed E-state index contributed by atoms with van der Waals surface area (Å²) in [6.07, 6.45) is 0.545. The molecule has 0 atom stereocenters. The number of benzene rings is 2. The van der Waals surface area contributed by atoms with Gasteiger partial charge in [0.1, 0.15) is 23.9 Å². The number of ether oxygens (including phenoxy) is 1. The first-order valence-corrected chi connectivity index (χ1v) is 8.64. The summed E-state index contributed by atoms with van der Waals surface area (Å²) < 4.78 is 18.4. The molecule has 6 nitrogen and oxygen atoms in total. The molecule has 0 aromatic heterocycles. The minimum absolute atomic E-state index is 0.139. The maximum atomic E-state index is 12.9. The Balaban J connectivity index is 1.60. The van der Waals surface area contributed by atoms with Crippen molar-refractivity contribution in [2.24, 2.45) is 5.10 Å². The van der Waals surface area contributed by atoms with Gasteiger partial charge in [-0.25, -0.2) is 9.40 Å². The number of para-hydroxylation sites is 1. The van der Waals surface area contributed by atoms with Crippen LogP contribution in [0.25, 0.3) is 0 Å². The van der Waals surface area contributed by atoms with Crippen LogP contribution in [0.5, 0.6) is 5.75 Å². The Morgan fingerprint density at radius 3 is 2.56 bits per heavy atom. The molecule has 1 aliphatic heterocycles. The van der Waals surface area contributed by atoms with Crippen LogP contribution in [0.2, 0.25) is 0 Å². The number of carbonyl (C=O) groups excluding carboxylic acids is 2. The number of anilines is 1. The SMILES string of the molecule is CN(CCOc1ccc(F)cc1)C(=O)C1=NN(c2ccccc2)C(=O)CC1. The minimum atomic E-state index is -0.331. The highest BCUT2D eigenvalue weighted by Crippen LogP contribution is 2.20. The van der Waals surface area contributed by atoms with Gasteiger partial charge in [-0.3, -0.25) is 9.59 Å². The number of halogens is 1. The molecule has 3 rings (SSSR count). The van der Waals surface area contributed by atoms with E-state index >= 15 is 0 Å². The van der Waals surface area contributed by atoms with E-state index in [1.54, 1.807) is 19.2 Å². The van der Waals surface area contributed by atoms with Crippen molar-refractivity contribution in [2.45, 2.75) is 12.8 Å². The Morgan fingerprint density at radius 2 is 1.85 bits per heavy atom. The van der Waals surface area contributed by atoms with Gasteiger partial charge >= 0.3 is 0 Å². The van der Waals surface area contributed by atoms with Crippen LogP contribution >= 0.6 is 0 Å². The van der Waals surface area contributed by atoms with Gasteiger partial charge in [-0.2, -0.15) is 5.10 Å². The summed E-state index contributed by atoms with van der Waals surface area (Å²) >= 11 is 0. The van der Waals surface area contributed by atoms with Crippen molar-refractivity contribution in [1.82, 2.24) is 4.90 Å². The molecule has 0 N–H and O–H groups in total. The van der Waals surface area contributed by atoms with Crippen LogP contribution in [0.3, 0.4) is 0 Å². The molecule has 2 amide bonds. The Kier molecular flexibility index (Phi) is 5.80. The number of likely N-dealkylation sites (N-methyl/N-ethyl adjacent to an activating group) is 1. The van der Waals surface area contributed by atoms with Crippen molar-refractivity contribution < 1.29 is 18.7 Å². The average Bonchev–Trinajstić information content (AvgIpc) is 2.70. The molecule has 0 saturated carbocycles. The number of hydrazone groups is 1. The standard InChI is InChI=1S/C20H20FN3O3/c1-23(13-14-27-17-9-7-15(21)8-10-17)20(26)18-11-12-19(25)24(22-18)16-5-3-2-4-6-16/h2-10H,11-14H2,1H3. The molecular formula is C20H20FN3O3. The van der Waals surface area contributed by atoms with Crippen LogP contribution in [-0.4, -0.2) is 42.6 Å². The predicted molar refractivity (Wildman–Crippen MR) is 100 cm³/mol. The molecule has 2 aromatic rings. The highest BCUT2D eigenvalue weighted by Gasteiger charge is 2.27. The number of nitrogens with zero attached hydrogens (tertiary/aromatic N) is 3. The molecule has 0 spiro atoms. The van der Waals surface area contributed by atoms with Crippen LogP contribution < -0.4 is 9.75 Å². The molecule has 0 unspecified atom stereocenters. The average molecular weight is 369 g/mol. The van der Waals surface area contributed by atoms with E-state index < -0.39 is 0 Å². The lowest BCUT2D eigenvalue weighted by Crippen LogP contribution is -2.41. The molecule has 0 fully saturated rings. The number of carbonyl (C=O) groups is 2. The first-order chi connectivity index (χ1) is 13.0. The summed E-state index contributed by atoms with van der Waals surface area (Å²) in [6.45, 7) is 0.608. The van der Waals surface area contributed by atoms with Gasteiger partial charge in [0.05, 0.1) is 12.2 Å². The fourth-order valence-electron chi connectivity index (χ4n) is 2.63. The van der Waals surface area contributed by atoms with Gasteiger partial charge in [0, 0.05) is 19.9 Å². The summed E-state index contributed by atoms with van der Waals surface area (Å²) in [4.78, 5) is 26.3. The van der Waals surface area contributed by atoms with E-state index in [-0.39, 0.29) is 30.7 Å². The zero-order valence-electron chi connectivity index (χ0n) is 15.0. The van der Waals surface area contributed by atoms with Crippen molar-refractivity contribution >= 4 is 23.2 Å². The lowest BCUT2D eigenvalue weighted by Gasteiger charge is -2.25. The fraction of sp³-hybridized carbons (Fsp3) is 0.250. The van der Waals surface area contributed by atoms with Gasteiger partial charge in [-0.1, -0.05) is 18.2 Å². The molecule has 7 heteroatoms. The lowest BCUT2D eigenvalue weighted by molar-refractivity contribution is -0.123. The molecule has 0 bridgehead atoms. The summed E-state index contributed by atoms with van der Waals surface area (Å²) in [5.74, 6) is -0.179. The molecule has 0 saturated heterocycles.